The lowest BCUT2D eigenvalue weighted by Crippen LogP contribution is -2.28. The van der Waals surface area contributed by atoms with Gasteiger partial charge in [0.25, 0.3) is 0 Å². The van der Waals surface area contributed by atoms with Crippen LogP contribution >= 0.6 is 39.1 Å². The Hall–Kier alpha value is 0.0400. The van der Waals surface area contributed by atoms with E-state index in [0.29, 0.717) is 15.7 Å². The zero-order chi connectivity index (χ0) is 11.7. The third-order valence-electron chi connectivity index (χ3n) is 2.82. The summed E-state index contributed by atoms with van der Waals surface area (Å²) in [4.78, 5) is 0. The molecule has 1 aromatic carbocycles. The second kappa shape index (κ2) is 5.13. The van der Waals surface area contributed by atoms with Gasteiger partial charge in [0.05, 0.1) is 27.9 Å². The molecule has 1 aliphatic rings. The van der Waals surface area contributed by atoms with Crippen molar-refractivity contribution in [3.63, 3.8) is 0 Å². The zero-order valence-electron chi connectivity index (χ0n) is 8.51. The summed E-state index contributed by atoms with van der Waals surface area (Å²) in [5, 5.41) is 14.1. The van der Waals surface area contributed by atoms with E-state index in [1.54, 1.807) is 12.1 Å². The number of anilines is 1. The second-order valence-corrected chi connectivity index (χ2v) is 5.72. The molecule has 0 amide bonds. The van der Waals surface area contributed by atoms with Crippen LogP contribution in [0.2, 0.25) is 10.0 Å². The first kappa shape index (κ1) is 12.5. The Bertz CT molecular complexity index is 377. The number of halogens is 3. The van der Waals surface area contributed by atoms with Crippen LogP contribution in [-0.2, 0) is 0 Å². The average molecular weight is 325 g/mol. The molecule has 0 radical (unpaired) electrons. The fourth-order valence-electron chi connectivity index (χ4n) is 1.97. The molecule has 1 aromatic rings. The second-order valence-electron chi connectivity index (χ2n) is 3.99. The highest BCUT2D eigenvalue weighted by atomic mass is 79.9. The van der Waals surface area contributed by atoms with E-state index < -0.39 is 0 Å². The van der Waals surface area contributed by atoms with Crippen molar-refractivity contribution in [3.05, 3.63) is 26.7 Å². The summed E-state index contributed by atoms with van der Waals surface area (Å²) < 4.78 is 0.847. The monoisotopic (exact) mass is 323 g/mol. The van der Waals surface area contributed by atoms with Crippen molar-refractivity contribution in [2.75, 3.05) is 5.32 Å². The average Bonchev–Trinajstić information content (AvgIpc) is 2.57. The van der Waals surface area contributed by atoms with Gasteiger partial charge in [0.2, 0.25) is 0 Å². The van der Waals surface area contributed by atoms with Crippen LogP contribution < -0.4 is 5.32 Å². The van der Waals surface area contributed by atoms with Gasteiger partial charge in [-0.3, -0.25) is 0 Å². The molecular formula is C11H12BrCl2NO. The van der Waals surface area contributed by atoms with E-state index in [1.807, 2.05) is 0 Å². The van der Waals surface area contributed by atoms with Crippen LogP contribution in [0.1, 0.15) is 19.3 Å². The van der Waals surface area contributed by atoms with Crippen LogP contribution in [0.4, 0.5) is 5.69 Å². The van der Waals surface area contributed by atoms with Crippen LogP contribution in [0.25, 0.3) is 0 Å². The van der Waals surface area contributed by atoms with Gasteiger partial charge in [0.15, 0.2) is 0 Å². The van der Waals surface area contributed by atoms with Crippen molar-refractivity contribution in [1.29, 1.82) is 0 Å². The van der Waals surface area contributed by atoms with E-state index in [4.69, 9.17) is 23.2 Å². The molecule has 0 bridgehead atoms. The fraction of sp³-hybridized carbons (Fsp3) is 0.455. The molecule has 0 unspecified atom stereocenters. The molecule has 1 aliphatic carbocycles. The first-order chi connectivity index (χ1) is 7.58. The predicted octanol–water partition coefficient (Wildman–Crippen LogP) is 4.08. The Morgan fingerprint density at radius 1 is 1.25 bits per heavy atom. The Balaban J connectivity index is 2.21. The number of hydrogen-bond acceptors (Lipinski definition) is 2. The van der Waals surface area contributed by atoms with Gasteiger partial charge in [0.1, 0.15) is 0 Å². The van der Waals surface area contributed by atoms with Crippen molar-refractivity contribution >= 4 is 44.8 Å². The molecule has 5 heteroatoms. The molecule has 88 valence electrons. The van der Waals surface area contributed by atoms with Gasteiger partial charge < -0.3 is 10.4 Å². The molecule has 1 saturated carbocycles. The quantitative estimate of drug-likeness (QED) is 0.859. The first-order valence-electron chi connectivity index (χ1n) is 5.17. The molecule has 1 fully saturated rings. The lowest BCUT2D eigenvalue weighted by atomic mass is 10.2. The Morgan fingerprint density at radius 3 is 2.38 bits per heavy atom. The standard InChI is InChI=1S/C11H12BrCl2NO/c12-6-4-7(13)11(8(14)5-6)15-9-2-1-3-10(9)16/h4-5,9-10,15-16H,1-3H2/t9-,10-/m0/s1. The van der Waals surface area contributed by atoms with Crippen molar-refractivity contribution in [2.24, 2.45) is 0 Å². The summed E-state index contributed by atoms with van der Waals surface area (Å²) in [6.45, 7) is 0. The van der Waals surface area contributed by atoms with Crippen molar-refractivity contribution in [2.45, 2.75) is 31.4 Å². The van der Waals surface area contributed by atoms with Gasteiger partial charge in [-0.15, -0.1) is 0 Å². The lowest BCUT2D eigenvalue weighted by molar-refractivity contribution is 0.172. The highest BCUT2D eigenvalue weighted by molar-refractivity contribution is 9.10. The predicted molar refractivity (Wildman–Crippen MR) is 71.4 cm³/mol. The van der Waals surface area contributed by atoms with Crippen LogP contribution in [-0.4, -0.2) is 17.3 Å². The lowest BCUT2D eigenvalue weighted by Gasteiger charge is -2.19. The van der Waals surface area contributed by atoms with Gasteiger partial charge >= 0.3 is 0 Å². The molecule has 0 aliphatic heterocycles. The van der Waals surface area contributed by atoms with Gasteiger partial charge in [-0.2, -0.15) is 0 Å². The maximum atomic E-state index is 9.73. The molecular weight excluding hydrogens is 313 g/mol. The van der Waals surface area contributed by atoms with Crippen molar-refractivity contribution in [1.82, 2.24) is 0 Å². The first-order valence-corrected chi connectivity index (χ1v) is 6.72. The highest BCUT2D eigenvalue weighted by Crippen LogP contribution is 2.36. The third kappa shape index (κ3) is 2.65. The summed E-state index contributed by atoms with van der Waals surface area (Å²) in [6, 6.07) is 3.63. The number of nitrogens with one attached hydrogen (secondary N) is 1. The van der Waals surface area contributed by atoms with Crippen LogP contribution in [0, 0.1) is 0 Å². The normalized spacial score (nSPS) is 24.8. The van der Waals surface area contributed by atoms with E-state index in [-0.39, 0.29) is 12.1 Å². The Morgan fingerprint density at radius 2 is 1.88 bits per heavy atom. The summed E-state index contributed by atoms with van der Waals surface area (Å²) in [5.74, 6) is 0. The van der Waals surface area contributed by atoms with Crippen molar-refractivity contribution < 1.29 is 5.11 Å². The molecule has 0 aromatic heterocycles. The third-order valence-corrected chi connectivity index (χ3v) is 3.87. The molecule has 0 saturated heterocycles. The number of aliphatic hydroxyl groups excluding tert-OH is 1. The number of aliphatic hydroxyl groups is 1. The van der Waals surface area contributed by atoms with Crippen LogP contribution in [0.3, 0.4) is 0 Å². The minimum atomic E-state index is -0.309. The SMILES string of the molecule is O[C@H]1CCC[C@@H]1Nc1c(Cl)cc(Br)cc1Cl. The summed E-state index contributed by atoms with van der Waals surface area (Å²) in [7, 11) is 0. The molecule has 2 N–H and O–H groups in total. The van der Waals surface area contributed by atoms with E-state index in [0.717, 1.165) is 23.7 Å². The highest BCUT2D eigenvalue weighted by Gasteiger charge is 2.26. The van der Waals surface area contributed by atoms with Crippen LogP contribution in [0.15, 0.2) is 16.6 Å². The number of rotatable bonds is 2. The fourth-order valence-corrected chi connectivity index (χ4v) is 3.29. The van der Waals surface area contributed by atoms with Crippen molar-refractivity contribution in [3.8, 4) is 0 Å². The van der Waals surface area contributed by atoms with E-state index in [2.05, 4.69) is 21.2 Å². The van der Waals surface area contributed by atoms with E-state index in [9.17, 15) is 5.11 Å². The van der Waals surface area contributed by atoms with Gasteiger partial charge in [0, 0.05) is 4.47 Å². The molecule has 2 nitrogen and oxygen atoms in total. The largest absolute Gasteiger partial charge is 0.391 e. The molecule has 2 rings (SSSR count). The zero-order valence-corrected chi connectivity index (χ0v) is 11.6. The molecule has 0 spiro atoms. The Labute approximate surface area is 113 Å². The smallest absolute Gasteiger partial charge is 0.0741 e. The van der Waals surface area contributed by atoms with Gasteiger partial charge in [-0.1, -0.05) is 39.1 Å². The van der Waals surface area contributed by atoms with E-state index >= 15 is 0 Å². The summed E-state index contributed by atoms with van der Waals surface area (Å²) in [6.07, 6.45) is 2.51. The minimum Gasteiger partial charge on any atom is -0.391 e. The van der Waals surface area contributed by atoms with Crippen LogP contribution in [0.5, 0.6) is 0 Å². The summed E-state index contributed by atoms with van der Waals surface area (Å²) in [5.41, 5.74) is 0.706. The van der Waals surface area contributed by atoms with Gasteiger partial charge in [-0.25, -0.2) is 0 Å². The number of hydrogen-bond donors (Lipinski definition) is 2. The minimum absolute atomic E-state index is 0.0520. The summed E-state index contributed by atoms with van der Waals surface area (Å²) >= 11 is 15.5. The maximum Gasteiger partial charge on any atom is 0.0741 e. The Kier molecular flexibility index (Phi) is 4.01. The topological polar surface area (TPSA) is 32.3 Å². The number of benzene rings is 1. The molecule has 2 atom stereocenters. The molecule has 16 heavy (non-hydrogen) atoms. The molecule has 0 heterocycles. The van der Waals surface area contributed by atoms with E-state index in [1.165, 1.54) is 0 Å². The van der Waals surface area contributed by atoms with Gasteiger partial charge in [-0.05, 0) is 31.4 Å². The maximum absolute atomic E-state index is 9.73.